The highest BCUT2D eigenvalue weighted by atomic mass is 32.1. The van der Waals surface area contributed by atoms with E-state index in [1.54, 1.807) is 11.3 Å². The summed E-state index contributed by atoms with van der Waals surface area (Å²) in [6.45, 7) is 1.99. The Morgan fingerprint density at radius 2 is 2.53 bits per heavy atom. The van der Waals surface area contributed by atoms with Crippen molar-refractivity contribution in [1.29, 1.82) is 0 Å². The van der Waals surface area contributed by atoms with E-state index in [2.05, 4.69) is 21.9 Å². The van der Waals surface area contributed by atoms with Crippen LogP contribution in [0.4, 0.5) is 5.82 Å². The van der Waals surface area contributed by atoms with Crippen molar-refractivity contribution in [3.8, 4) is 10.6 Å². The van der Waals surface area contributed by atoms with Gasteiger partial charge >= 0.3 is 0 Å². The highest BCUT2D eigenvalue weighted by Crippen LogP contribution is 2.25. The van der Waals surface area contributed by atoms with Gasteiger partial charge in [0.15, 0.2) is 0 Å². The van der Waals surface area contributed by atoms with Gasteiger partial charge in [0.05, 0.1) is 11.4 Å². The lowest BCUT2D eigenvalue weighted by molar-refractivity contribution is 0.481. The van der Waals surface area contributed by atoms with Crippen LogP contribution in [0, 0.1) is 0 Å². The van der Waals surface area contributed by atoms with Crippen molar-refractivity contribution in [1.82, 2.24) is 15.1 Å². The van der Waals surface area contributed by atoms with Gasteiger partial charge in [-0.3, -0.25) is 0 Å². The molecule has 0 saturated carbocycles. The lowest BCUT2D eigenvalue weighted by atomic mass is 10.2. The molecule has 0 unspecified atom stereocenters. The first kappa shape index (κ1) is 10.8. The van der Waals surface area contributed by atoms with Crippen LogP contribution in [0.15, 0.2) is 23.6 Å². The third-order valence-corrected chi connectivity index (χ3v) is 4.03. The second-order valence-electron chi connectivity index (χ2n) is 4.41. The van der Waals surface area contributed by atoms with E-state index in [-0.39, 0.29) is 0 Å². The number of hydrogen-bond acceptors (Lipinski definition) is 4. The Morgan fingerprint density at radius 1 is 1.59 bits per heavy atom. The van der Waals surface area contributed by atoms with Crippen LogP contribution in [0.5, 0.6) is 0 Å². The number of thiophene rings is 1. The van der Waals surface area contributed by atoms with Crippen molar-refractivity contribution in [2.24, 2.45) is 0 Å². The Hall–Kier alpha value is -1.33. The molecule has 1 aliphatic heterocycles. The van der Waals surface area contributed by atoms with Gasteiger partial charge in [-0.15, -0.1) is 11.3 Å². The largest absolute Gasteiger partial charge is 0.384 e. The molecule has 1 aliphatic rings. The second kappa shape index (κ2) is 4.50. The van der Waals surface area contributed by atoms with Gasteiger partial charge in [0, 0.05) is 12.1 Å². The molecule has 1 fully saturated rings. The number of aromatic nitrogens is 2. The van der Waals surface area contributed by atoms with Crippen molar-refractivity contribution in [3.05, 3.63) is 23.6 Å². The molecule has 5 heteroatoms. The van der Waals surface area contributed by atoms with E-state index in [9.17, 15) is 0 Å². The number of anilines is 1. The summed E-state index contributed by atoms with van der Waals surface area (Å²) in [5, 5.41) is 10.1. The van der Waals surface area contributed by atoms with Gasteiger partial charge in [-0.1, -0.05) is 6.07 Å². The Balaban J connectivity index is 1.80. The molecule has 17 heavy (non-hydrogen) atoms. The van der Waals surface area contributed by atoms with Crippen LogP contribution < -0.4 is 11.1 Å². The first-order chi connectivity index (χ1) is 8.33. The third kappa shape index (κ3) is 2.21. The summed E-state index contributed by atoms with van der Waals surface area (Å²) < 4.78 is 1.91. The SMILES string of the molecule is Nc1cc(-c2cccs2)nn1C[C@@H]1CCCN1. The van der Waals surface area contributed by atoms with Crippen LogP contribution in [0.2, 0.25) is 0 Å². The highest BCUT2D eigenvalue weighted by Gasteiger charge is 2.17. The maximum atomic E-state index is 6.00. The van der Waals surface area contributed by atoms with Crippen LogP contribution in [0.3, 0.4) is 0 Å². The summed E-state index contributed by atoms with van der Waals surface area (Å²) in [6.07, 6.45) is 2.47. The number of nitrogen functional groups attached to an aromatic ring is 1. The minimum absolute atomic E-state index is 0.522. The van der Waals surface area contributed by atoms with Crippen molar-refractivity contribution < 1.29 is 0 Å². The number of nitrogens with two attached hydrogens (primary N) is 1. The zero-order valence-corrected chi connectivity index (χ0v) is 10.4. The van der Waals surface area contributed by atoms with Crippen molar-refractivity contribution in [3.63, 3.8) is 0 Å². The third-order valence-electron chi connectivity index (χ3n) is 3.14. The summed E-state index contributed by atoms with van der Waals surface area (Å²) in [5.41, 5.74) is 6.98. The molecule has 1 saturated heterocycles. The molecule has 3 rings (SSSR count). The predicted molar refractivity (Wildman–Crippen MR) is 71.0 cm³/mol. The van der Waals surface area contributed by atoms with Gasteiger partial charge in [0.25, 0.3) is 0 Å². The minimum atomic E-state index is 0.522. The molecule has 3 N–H and O–H groups in total. The fourth-order valence-electron chi connectivity index (χ4n) is 2.24. The molecular weight excluding hydrogens is 232 g/mol. The lowest BCUT2D eigenvalue weighted by Crippen LogP contribution is -2.27. The van der Waals surface area contributed by atoms with Crippen LogP contribution in [-0.2, 0) is 6.54 Å². The fourth-order valence-corrected chi connectivity index (χ4v) is 2.92. The van der Waals surface area contributed by atoms with Crippen molar-refractivity contribution >= 4 is 17.2 Å². The van der Waals surface area contributed by atoms with Gasteiger partial charge in [-0.2, -0.15) is 5.10 Å². The number of nitrogens with one attached hydrogen (secondary N) is 1. The number of hydrogen-bond donors (Lipinski definition) is 2. The monoisotopic (exact) mass is 248 g/mol. The zero-order valence-electron chi connectivity index (χ0n) is 9.60. The highest BCUT2D eigenvalue weighted by molar-refractivity contribution is 7.13. The van der Waals surface area contributed by atoms with Gasteiger partial charge in [0.2, 0.25) is 0 Å². The Morgan fingerprint density at radius 3 is 3.24 bits per heavy atom. The van der Waals surface area contributed by atoms with Gasteiger partial charge in [0.1, 0.15) is 11.5 Å². The normalized spacial score (nSPS) is 19.9. The minimum Gasteiger partial charge on any atom is -0.384 e. The maximum Gasteiger partial charge on any atom is 0.122 e. The van der Waals surface area contributed by atoms with Gasteiger partial charge in [-0.25, -0.2) is 4.68 Å². The Labute approximate surface area is 104 Å². The quantitative estimate of drug-likeness (QED) is 0.873. The summed E-state index contributed by atoms with van der Waals surface area (Å²) in [5.74, 6) is 0.752. The molecule has 0 aliphatic carbocycles. The van der Waals surface area contributed by atoms with E-state index in [0.29, 0.717) is 6.04 Å². The molecule has 0 radical (unpaired) electrons. The van der Waals surface area contributed by atoms with E-state index >= 15 is 0 Å². The summed E-state index contributed by atoms with van der Waals surface area (Å²) in [6, 6.07) is 6.59. The first-order valence-electron chi connectivity index (χ1n) is 5.93. The average molecular weight is 248 g/mol. The molecule has 0 bridgehead atoms. The van der Waals surface area contributed by atoms with E-state index in [1.807, 2.05) is 16.8 Å². The topological polar surface area (TPSA) is 55.9 Å². The number of nitrogens with zero attached hydrogens (tertiary/aromatic N) is 2. The molecule has 0 aromatic carbocycles. The summed E-state index contributed by atoms with van der Waals surface area (Å²) >= 11 is 1.69. The van der Waals surface area contributed by atoms with Crippen molar-refractivity contribution in [2.45, 2.75) is 25.4 Å². The summed E-state index contributed by atoms with van der Waals surface area (Å²) in [7, 11) is 0. The Kier molecular flexibility index (Phi) is 2.86. The van der Waals surface area contributed by atoms with E-state index in [1.165, 1.54) is 17.7 Å². The second-order valence-corrected chi connectivity index (χ2v) is 5.35. The zero-order chi connectivity index (χ0) is 11.7. The molecular formula is C12H16N4S. The van der Waals surface area contributed by atoms with E-state index in [0.717, 1.165) is 24.6 Å². The van der Waals surface area contributed by atoms with E-state index in [4.69, 9.17) is 5.73 Å². The van der Waals surface area contributed by atoms with E-state index < -0.39 is 0 Å². The average Bonchev–Trinajstić information content (AvgIpc) is 3.02. The standard InChI is InChI=1S/C12H16N4S/c13-12-7-10(11-4-2-6-17-11)15-16(12)8-9-3-1-5-14-9/h2,4,6-7,9,14H,1,3,5,8,13H2/t9-/m0/s1. The molecule has 3 heterocycles. The smallest absolute Gasteiger partial charge is 0.122 e. The molecule has 2 aromatic rings. The maximum absolute atomic E-state index is 6.00. The molecule has 4 nitrogen and oxygen atoms in total. The van der Waals surface area contributed by atoms with Gasteiger partial charge in [-0.05, 0) is 30.8 Å². The van der Waals surface area contributed by atoms with Gasteiger partial charge < -0.3 is 11.1 Å². The molecule has 2 aromatic heterocycles. The molecule has 0 spiro atoms. The molecule has 1 atom stereocenters. The lowest BCUT2D eigenvalue weighted by Gasteiger charge is -2.10. The van der Waals surface area contributed by atoms with Crippen LogP contribution in [-0.4, -0.2) is 22.4 Å². The predicted octanol–water partition coefficient (Wildman–Crippen LogP) is 1.95. The van der Waals surface area contributed by atoms with Crippen LogP contribution in [0.1, 0.15) is 12.8 Å². The fraction of sp³-hybridized carbons (Fsp3) is 0.417. The first-order valence-corrected chi connectivity index (χ1v) is 6.81. The Bertz CT molecular complexity index is 483. The number of rotatable bonds is 3. The molecule has 0 amide bonds. The summed E-state index contributed by atoms with van der Waals surface area (Å²) in [4.78, 5) is 1.18. The van der Waals surface area contributed by atoms with Crippen molar-refractivity contribution in [2.75, 3.05) is 12.3 Å². The van der Waals surface area contributed by atoms with Crippen LogP contribution >= 0.6 is 11.3 Å². The molecule has 90 valence electrons. The van der Waals surface area contributed by atoms with Crippen LogP contribution in [0.25, 0.3) is 10.6 Å².